The number of carbonyl (C=O) groups is 1. The summed E-state index contributed by atoms with van der Waals surface area (Å²) in [6, 6.07) is 0. The molecule has 0 unspecified atom stereocenters. The first-order valence-electron chi connectivity index (χ1n) is 7.09. The van der Waals surface area contributed by atoms with E-state index in [1.54, 1.807) is 0 Å². The van der Waals surface area contributed by atoms with Crippen molar-refractivity contribution in [1.29, 1.82) is 0 Å². The molecule has 0 N–H and O–H groups in total. The Morgan fingerprint density at radius 1 is 1.12 bits per heavy atom. The van der Waals surface area contributed by atoms with Gasteiger partial charge in [0.05, 0.1) is 26.2 Å². The van der Waals surface area contributed by atoms with Crippen LogP contribution in [0.4, 0.5) is 0 Å². The molecule has 0 amide bonds. The molecule has 17 heavy (non-hydrogen) atoms. The number of hydrogen-bond donors (Lipinski definition) is 0. The number of likely N-dealkylation sites (tertiary alicyclic amines) is 1. The van der Waals surface area contributed by atoms with Crippen LogP contribution in [0, 0.1) is 0 Å². The van der Waals surface area contributed by atoms with Gasteiger partial charge >= 0.3 is 0 Å². The summed E-state index contributed by atoms with van der Waals surface area (Å²) in [5.41, 5.74) is 0. The Bertz CT molecular complexity index is 194. The summed E-state index contributed by atoms with van der Waals surface area (Å²) in [5.74, 6) is -1.08. The average Bonchev–Trinajstić information content (AvgIpc) is 2.73. The zero-order chi connectivity index (χ0) is 13.1. The van der Waals surface area contributed by atoms with E-state index in [0.717, 1.165) is 6.92 Å². The predicted octanol–water partition coefficient (Wildman–Crippen LogP) is 1.95. The van der Waals surface area contributed by atoms with Crippen LogP contribution in [0.5, 0.6) is 0 Å². The Balaban J connectivity index is 0.000000557. The maximum atomic E-state index is 8.89. The molecule has 3 heteroatoms. The number of aliphatic carboxylic acids is 1. The average molecular weight is 243 g/mol. The summed E-state index contributed by atoms with van der Waals surface area (Å²) in [6.07, 6.45) is 8.66. The third kappa shape index (κ3) is 8.19. The highest BCUT2D eigenvalue weighted by Gasteiger charge is 2.28. The lowest BCUT2D eigenvalue weighted by molar-refractivity contribution is -0.915. The number of rotatable bonds is 6. The highest BCUT2D eigenvalue weighted by molar-refractivity contribution is 5.60. The van der Waals surface area contributed by atoms with Gasteiger partial charge in [-0.15, -0.1) is 0 Å². The second kappa shape index (κ2) is 9.46. The molecule has 0 atom stereocenters. The molecule has 1 aliphatic rings. The largest absolute Gasteiger partial charge is 0.550 e. The smallest absolute Gasteiger partial charge is 0.0788 e. The number of hydrogen-bond acceptors (Lipinski definition) is 2. The highest BCUT2D eigenvalue weighted by atomic mass is 16.4. The van der Waals surface area contributed by atoms with Gasteiger partial charge in [-0.1, -0.05) is 19.8 Å². The van der Waals surface area contributed by atoms with Crippen LogP contribution in [0.15, 0.2) is 0 Å². The molecule has 1 heterocycles. The quantitative estimate of drug-likeness (QED) is 0.528. The van der Waals surface area contributed by atoms with Crippen LogP contribution in [0.1, 0.15) is 59.3 Å². The fourth-order valence-corrected chi connectivity index (χ4v) is 2.58. The van der Waals surface area contributed by atoms with E-state index in [2.05, 4.69) is 13.8 Å². The zero-order valence-electron chi connectivity index (χ0n) is 11.8. The molecule has 102 valence electrons. The van der Waals surface area contributed by atoms with Crippen molar-refractivity contribution in [2.45, 2.75) is 59.3 Å². The van der Waals surface area contributed by atoms with Crippen LogP contribution in [0.25, 0.3) is 0 Å². The van der Waals surface area contributed by atoms with Crippen molar-refractivity contribution < 1.29 is 14.4 Å². The van der Waals surface area contributed by atoms with Crippen molar-refractivity contribution in [1.82, 2.24) is 0 Å². The van der Waals surface area contributed by atoms with E-state index >= 15 is 0 Å². The van der Waals surface area contributed by atoms with E-state index < -0.39 is 5.97 Å². The van der Waals surface area contributed by atoms with Crippen LogP contribution < -0.4 is 5.11 Å². The fraction of sp³-hybridized carbons (Fsp3) is 0.929. The number of carboxylic acid groups (broad SMARTS) is 1. The molecule has 0 spiro atoms. The molecular weight excluding hydrogens is 214 g/mol. The third-order valence-corrected chi connectivity index (χ3v) is 3.67. The minimum Gasteiger partial charge on any atom is -0.550 e. The molecule has 1 aliphatic heterocycles. The van der Waals surface area contributed by atoms with Gasteiger partial charge in [0.15, 0.2) is 0 Å². The Labute approximate surface area is 106 Å². The van der Waals surface area contributed by atoms with Gasteiger partial charge in [-0.05, 0) is 26.7 Å². The number of carboxylic acids is 1. The van der Waals surface area contributed by atoms with E-state index in [1.165, 1.54) is 69.2 Å². The van der Waals surface area contributed by atoms with Gasteiger partial charge in [0.2, 0.25) is 0 Å². The molecule has 0 bridgehead atoms. The van der Waals surface area contributed by atoms with E-state index in [9.17, 15) is 0 Å². The van der Waals surface area contributed by atoms with E-state index in [1.807, 2.05) is 0 Å². The Hall–Kier alpha value is -0.570. The molecule has 0 aromatic carbocycles. The van der Waals surface area contributed by atoms with Crippen LogP contribution in [-0.4, -0.2) is 36.6 Å². The second-order valence-corrected chi connectivity index (χ2v) is 5.09. The molecule has 1 rings (SSSR count). The van der Waals surface area contributed by atoms with Gasteiger partial charge in [0.25, 0.3) is 0 Å². The van der Waals surface area contributed by atoms with Gasteiger partial charge < -0.3 is 14.4 Å². The Morgan fingerprint density at radius 3 is 2.06 bits per heavy atom. The SMILES string of the molecule is CC(=O)[O-].CCCCCC[N+]1(CC)CCCC1. The van der Waals surface area contributed by atoms with Crippen molar-refractivity contribution in [2.75, 3.05) is 26.2 Å². The van der Waals surface area contributed by atoms with Gasteiger partial charge in [0.1, 0.15) is 0 Å². The molecule has 0 saturated carbocycles. The van der Waals surface area contributed by atoms with Gasteiger partial charge in [0, 0.05) is 18.8 Å². The topological polar surface area (TPSA) is 40.1 Å². The molecular formula is C14H29NO2. The van der Waals surface area contributed by atoms with Crippen LogP contribution in [0.3, 0.4) is 0 Å². The molecule has 0 aliphatic carbocycles. The van der Waals surface area contributed by atoms with Crippen LogP contribution in [-0.2, 0) is 4.79 Å². The number of nitrogens with zero attached hydrogens (tertiary/aromatic N) is 1. The third-order valence-electron chi connectivity index (χ3n) is 3.67. The maximum absolute atomic E-state index is 8.89. The molecule has 3 nitrogen and oxygen atoms in total. The lowest BCUT2D eigenvalue weighted by Crippen LogP contribution is -2.45. The van der Waals surface area contributed by atoms with Crippen molar-refractivity contribution in [3.63, 3.8) is 0 Å². The van der Waals surface area contributed by atoms with Crippen LogP contribution in [0.2, 0.25) is 0 Å². The monoisotopic (exact) mass is 243 g/mol. The van der Waals surface area contributed by atoms with Gasteiger partial charge in [-0.2, -0.15) is 0 Å². The molecule has 1 fully saturated rings. The maximum Gasteiger partial charge on any atom is 0.0788 e. The number of unbranched alkanes of at least 4 members (excludes halogenated alkanes) is 3. The summed E-state index contributed by atoms with van der Waals surface area (Å²) in [7, 11) is 0. The fourth-order valence-electron chi connectivity index (χ4n) is 2.58. The van der Waals surface area contributed by atoms with E-state index in [4.69, 9.17) is 9.90 Å². The standard InChI is InChI=1S/C12H26N.C2H4O2/c1-3-5-6-7-10-13(4-2)11-8-9-12-13;1-2(3)4/h3-12H2,1-2H3;1H3,(H,3,4)/q+1;/p-1. The summed E-state index contributed by atoms with van der Waals surface area (Å²) >= 11 is 0. The second-order valence-electron chi connectivity index (χ2n) is 5.09. The Kier molecular flexibility index (Phi) is 9.14. The first-order chi connectivity index (χ1) is 8.06. The van der Waals surface area contributed by atoms with Crippen LogP contribution >= 0.6 is 0 Å². The minimum atomic E-state index is -1.08. The van der Waals surface area contributed by atoms with Crippen molar-refractivity contribution >= 4 is 5.97 Å². The van der Waals surface area contributed by atoms with Gasteiger partial charge in [-0.25, -0.2) is 0 Å². The summed E-state index contributed by atoms with van der Waals surface area (Å²) < 4.78 is 1.43. The normalized spacial score (nSPS) is 17.4. The summed E-state index contributed by atoms with van der Waals surface area (Å²) in [6.45, 7) is 11.4. The van der Waals surface area contributed by atoms with E-state index in [0.29, 0.717) is 0 Å². The van der Waals surface area contributed by atoms with Crippen molar-refractivity contribution in [2.24, 2.45) is 0 Å². The first-order valence-corrected chi connectivity index (χ1v) is 7.09. The predicted molar refractivity (Wildman–Crippen MR) is 69.5 cm³/mol. The summed E-state index contributed by atoms with van der Waals surface area (Å²) in [4.78, 5) is 8.89. The molecule has 0 aromatic rings. The van der Waals surface area contributed by atoms with Crippen molar-refractivity contribution in [3.05, 3.63) is 0 Å². The van der Waals surface area contributed by atoms with Crippen molar-refractivity contribution in [3.8, 4) is 0 Å². The molecule has 1 saturated heterocycles. The molecule has 0 aromatic heterocycles. The zero-order valence-corrected chi connectivity index (χ0v) is 11.8. The lowest BCUT2D eigenvalue weighted by Gasteiger charge is -2.33. The number of carbonyl (C=O) groups excluding carboxylic acids is 1. The number of quaternary nitrogens is 1. The highest BCUT2D eigenvalue weighted by Crippen LogP contribution is 2.20. The van der Waals surface area contributed by atoms with Gasteiger partial charge in [-0.3, -0.25) is 0 Å². The summed E-state index contributed by atoms with van der Waals surface area (Å²) in [5, 5.41) is 8.89. The first kappa shape index (κ1) is 16.4. The molecule has 0 radical (unpaired) electrons. The minimum absolute atomic E-state index is 0.972. The Morgan fingerprint density at radius 2 is 1.65 bits per heavy atom. The lowest BCUT2D eigenvalue weighted by atomic mass is 10.2. The van der Waals surface area contributed by atoms with E-state index in [-0.39, 0.29) is 0 Å².